The number of benzene rings is 1. The van der Waals surface area contributed by atoms with Gasteiger partial charge in [0.25, 0.3) is 0 Å². The number of nitrogens with zero attached hydrogens (tertiary/aromatic N) is 3. The highest BCUT2D eigenvalue weighted by Crippen LogP contribution is 2.26. The summed E-state index contributed by atoms with van der Waals surface area (Å²) in [5.41, 5.74) is 2.55. The molecule has 0 atom stereocenters. The summed E-state index contributed by atoms with van der Waals surface area (Å²) in [4.78, 5) is 4.14. The number of pyridine rings is 1. The third-order valence-corrected chi connectivity index (χ3v) is 2.95. The van der Waals surface area contributed by atoms with Gasteiger partial charge in [-0.3, -0.25) is 4.98 Å². The Morgan fingerprint density at radius 3 is 2.71 bits per heavy atom. The minimum Gasteiger partial charge on any atom is -0.506 e. The van der Waals surface area contributed by atoms with Crippen LogP contribution in [0.3, 0.4) is 0 Å². The van der Waals surface area contributed by atoms with Crippen LogP contribution < -0.4 is 5.32 Å². The maximum Gasteiger partial charge on any atom is 0.249 e. The van der Waals surface area contributed by atoms with Crippen molar-refractivity contribution in [2.45, 2.75) is 13.5 Å². The Labute approximate surface area is 121 Å². The van der Waals surface area contributed by atoms with Crippen molar-refractivity contribution in [3.8, 4) is 17.2 Å². The molecule has 0 saturated carbocycles. The van der Waals surface area contributed by atoms with E-state index in [9.17, 15) is 5.11 Å². The molecule has 0 fully saturated rings. The monoisotopic (exact) mass is 282 g/mol. The average Bonchev–Trinajstić information content (AvgIpc) is 2.93. The van der Waals surface area contributed by atoms with Crippen molar-refractivity contribution in [3.63, 3.8) is 0 Å². The Bertz CT molecular complexity index is 737. The van der Waals surface area contributed by atoms with Crippen molar-refractivity contribution in [2.75, 3.05) is 5.32 Å². The second kappa shape index (κ2) is 5.62. The molecule has 6 nitrogen and oxygen atoms in total. The van der Waals surface area contributed by atoms with E-state index in [0.717, 1.165) is 16.9 Å². The number of aromatic nitrogens is 3. The molecule has 0 spiro atoms. The van der Waals surface area contributed by atoms with E-state index in [0.29, 0.717) is 18.3 Å². The Morgan fingerprint density at radius 1 is 1.14 bits per heavy atom. The quantitative estimate of drug-likeness (QED) is 0.765. The summed E-state index contributed by atoms with van der Waals surface area (Å²) in [5.74, 6) is 1.16. The van der Waals surface area contributed by atoms with Crippen LogP contribution in [0.5, 0.6) is 5.75 Å². The Morgan fingerprint density at radius 2 is 2.00 bits per heavy atom. The van der Waals surface area contributed by atoms with E-state index >= 15 is 0 Å². The van der Waals surface area contributed by atoms with E-state index in [4.69, 9.17) is 4.42 Å². The molecule has 0 aliphatic rings. The normalized spacial score (nSPS) is 10.5. The molecule has 0 aliphatic carbocycles. The topological polar surface area (TPSA) is 84.1 Å². The number of para-hydroxylation sites is 1. The van der Waals surface area contributed by atoms with Crippen LogP contribution in [0.4, 0.5) is 5.69 Å². The summed E-state index contributed by atoms with van der Waals surface area (Å²) in [6, 6.07) is 11.1. The van der Waals surface area contributed by atoms with E-state index in [2.05, 4.69) is 20.5 Å². The molecule has 0 amide bonds. The largest absolute Gasteiger partial charge is 0.506 e. The SMILES string of the molecule is Cc1nnc(-c2ccccc2NCc2ccc(O)cn2)o1. The van der Waals surface area contributed by atoms with Crippen LogP contribution >= 0.6 is 0 Å². The molecule has 0 aliphatic heterocycles. The summed E-state index contributed by atoms with van der Waals surface area (Å²) in [5, 5.41) is 20.4. The second-order valence-corrected chi connectivity index (χ2v) is 4.53. The number of rotatable bonds is 4. The zero-order valence-electron chi connectivity index (χ0n) is 11.4. The van der Waals surface area contributed by atoms with Gasteiger partial charge in [0.05, 0.1) is 24.0 Å². The summed E-state index contributed by atoms with van der Waals surface area (Å²) in [6.45, 7) is 2.29. The van der Waals surface area contributed by atoms with Crippen LogP contribution in [0.15, 0.2) is 47.0 Å². The van der Waals surface area contributed by atoms with Crippen LogP contribution in [0.25, 0.3) is 11.5 Å². The van der Waals surface area contributed by atoms with E-state index in [1.165, 1.54) is 6.20 Å². The summed E-state index contributed by atoms with van der Waals surface area (Å²) >= 11 is 0. The predicted molar refractivity (Wildman–Crippen MR) is 77.7 cm³/mol. The molecule has 0 radical (unpaired) electrons. The molecule has 6 heteroatoms. The van der Waals surface area contributed by atoms with Crippen LogP contribution in [0, 0.1) is 6.92 Å². The third-order valence-electron chi connectivity index (χ3n) is 2.95. The van der Waals surface area contributed by atoms with Crippen molar-refractivity contribution in [1.29, 1.82) is 0 Å². The molecule has 2 aromatic heterocycles. The Hall–Kier alpha value is -2.89. The van der Waals surface area contributed by atoms with Crippen molar-refractivity contribution in [2.24, 2.45) is 0 Å². The first-order valence-electron chi connectivity index (χ1n) is 6.49. The lowest BCUT2D eigenvalue weighted by Gasteiger charge is -2.09. The highest BCUT2D eigenvalue weighted by Gasteiger charge is 2.10. The molecular formula is C15H14N4O2. The Balaban J connectivity index is 1.81. The smallest absolute Gasteiger partial charge is 0.249 e. The number of aryl methyl sites for hydroxylation is 1. The molecule has 3 rings (SSSR count). The van der Waals surface area contributed by atoms with Crippen molar-refractivity contribution in [1.82, 2.24) is 15.2 Å². The lowest BCUT2D eigenvalue weighted by atomic mass is 10.1. The van der Waals surface area contributed by atoms with Gasteiger partial charge in [0.2, 0.25) is 11.8 Å². The zero-order valence-corrected chi connectivity index (χ0v) is 11.4. The molecule has 3 aromatic rings. The van der Waals surface area contributed by atoms with Crippen LogP contribution in [-0.4, -0.2) is 20.3 Å². The van der Waals surface area contributed by atoms with Crippen LogP contribution in [0.1, 0.15) is 11.6 Å². The second-order valence-electron chi connectivity index (χ2n) is 4.53. The number of nitrogens with one attached hydrogen (secondary N) is 1. The van der Waals surface area contributed by atoms with E-state index in [-0.39, 0.29) is 5.75 Å². The highest BCUT2D eigenvalue weighted by molar-refractivity contribution is 5.72. The summed E-state index contributed by atoms with van der Waals surface area (Å²) in [6.07, 6.45) is 1.42. The van der Waals surface area contributed by atoms with Gasteiger partial charge in [-0.05, 0) is 24.3 Å². The number of hydrogen-bond donors (Lipinski definition) is 2. The fourth-order valence-corrected chi connectivity index (χ4v) is 1.94. The van der Waals surface area contributed by atoms with E-state index in [1.807, 2.05) is 24.3 Å². The molecule has 106 valence electrons. The first-order valence-corrected chi connectivity index (χ1v) is 6.49. The minimum atomic E-state index is 0.153. The number of aromatic hydroxyl groups is 1. The molecular weight excluding hydrogens is 268 g/mol. The number of hydrogen-bond acceptors (Lipinski definition) is 6. The van der Waals surface area contributed by atoms with Gasteiger partial charge in [-0.1, -0.05) is 12.1 Å². The Kier molecular flexibility index (Phi) is 3.51. The van der Waals surface area contributed by atoms with Gasteiger partial charge in [-0.25, -0.2) is 0 Å². The molecule has 0 bridgehead atoms. The van der Waals surface area contributed by atoms with Gasteiger partial charge in [0.15, 0.2) is 0 Å². The fraction of sp³-hybridized carbons (Fsp3) is 0.133. The van der Waals surface area contributed by atoms with Gasteiger partial charge >= 0.3 is 0 Å². The summed E-state index contributed by atoms with van der Waals surface area (Å²) in [7, 11) is 0. The van der Waals surface area contributed by atoms with Gasteiger partial charge in [0.1, 0.15) is 5.75 Å². The molecule has 2 N–H and O–H groups in total. The highest BCUT2D eigenvalue weighted by atomic mass is 16.4. The van der Waals surface area contributed by atoms with Crippen LogP contribution in [-0.2, 0) is 6.54 Å². The molecule has 0 saturated heterocycles. The van der Waals surface area contributed by atoms with E-state index < -0.39 is 0 Å². The fourth-order valence-electron chi connectivity index (χ4n) is 1.94. The average molecular weight is 282 g/mol. The maximum absolute atomic E-state index is 9.23. The van der Waals surface area contributed by atoms with E-state index in [1.54, 1.807) is 19.1 Å². The van der Waals surface area contributed by atoms with Gasteiger partial charge < -0.3 is 14.8 Å². The lowest BCUT2D eigenvalue weighted by Crippen LogP contribution is -2.02. The zero-order chi connectivity index (χ0) is 14.7. The van der Waals surface area contributed by atoms with Crippen molar-refractivity contribution in [3.05, 3.63) is 54.2 Å². The van der Waals surface area contributed by atoms with Crippen molar-refractivity contribution >= 4 is 5.69 Å². The standard InChI is InChI=1S/C15H14N4O2/c1-10-18-19-15(21-10)13-4-2-3-5-14(13)17-8-11-6-7-12(20)9-16-11/h2-7,9,17,20H,8H2,1H3. The molecule has 2 heterocycles. The molecule has 1 aromatic carbocycles. The van der Waals surface area contributed by atoms with Gasteiger partial charge in [0, 0.05) is 12.6 Å². The lowest BCUT2D eigenvalue weighted by molar-refractivity contribution is 0.472. The first-order chi connectivity index (χ1) is 10.2. The summed E-state index contributed by atoms with van der Waals surface area (Å²) < 4.78 is 5.47. The van der Waals surface area contributed by atoms with Gasteiger partial charge in [-0.2, -0.15) is 0 Å². The predicted octanol–water partition coefficient (Wildman–Crippen LogP) is 2.76. The van der Waals surface area contributed by atoms with Gasteiger partial charge in [-0.15, -0.1) is 10.2 Å². The molecule has 0 unspecified atom stereocenters. The minimum absolute atomic E-state index is 0.153. The van der Waals surface area contributed by atoms with Crippen molar-refractivity contribution < 1.29 is 9.52 Å². The maximum atomic E-state index is 9.23. The third kappa shape index (κ3) is 3.00. The van der Waals surface area contributed by atoms with Crippen LogP contribution in [0.2, 0.25) is 0 Å². The molecule has 21 heavy (non-hydrogen) atoms. The first kappa shape index (κ1) is 13.1. The number of anilines is 1.